The van der Waals surface area contributed by atoms with Gasteiger partial charge >= 0.3 is 0 Å². The standard InChI is InChI=1S/C21H21ClN4O2/c1-15(27)16-3-6-19(7-4-16)26-10-8-25(9-11-26)14-21(28)24-18-5-2-17(13-23)20(22)12-18/h2-7,12H,8-11,14H2,1H3,(H,24,28)/p+1. The summed E-state index contributed by atoms with van der Waals surface area (Å²) in [6.45, 7) is 5.37. The second kappa shape index (κ2) is 8.87. The number of nitrogens with one attached hydrogen (secondary N) is 2. The number of hydrogen-bond donors (Lipinski definition) is 2. The van der Waals surface area contributed by atoms with E-state index in [1.165, 1.54) is 4.90 Å². The van der Waals surface area contributed by atoms with Gasteiger partial charge in [0.25, 0.3) is 5.91 Å². The molecule has 28 heavy (non-hydrogen) atoms. The van der Waals surface area contributed by atoms with E-state index in [-0.39, 0.29) is 11.7 Å². The maximum absolute atomic E-state index is 12.3. The average Bonchev–Trinajstić information content (AvgIpc) is 2.69. The van der Waals surface area contributed by atoms with Gasteiger partial charge in [0.1, 0.15) is 6.07 Å². The fourth-order valence-electron chi connectivity index (χ4n) is 3.28. The van der Waals surface area contributed by atoms with E-state index in [9.17, 15) is 9.59 Å². The molecule has 1 fully saturated rings. The van der Waals surface area contributed by atoms with Crippen LogP contribution >= 0.6 is 11.6 Å². The van der Waals surface area contributed by atoms with Crippen LogP contribution in [0.2, 0.25) is 5.02 Å². The Labute approximate surface area is 169 Å². The lowest BCUT2D eigenvalue weighted by Gasteiger charge is -2.33. The van der Waals surface area contributed by atoms with Gasteiger partial charge in [0.2, 0.25) is 0 Å². The minimum atomic E-state index is -0.0740. The number of amides is 1. The number of quaternary nitrogens is 1. The van der Waals surface area contributed by atoms with Crippen LogP contribution in [0.1, 0.15) is 22.8 Å². The van der Waals surface area contributed by atoms with Gasteiger partial charge < -0.3 is 15.1 Å². The van der Waals surface area contributed by atoms with Crippen molar-refractivity contribution in [1.82, 2.24) is 0 Å². The van der Waals surface area contributed by atoms with Gasteiger partial charge in [-0.2, -0.15) is 5.26 Å². The van der Waals surface area contributed by atoms with Crippen LogP contribution < -0.4 is 15.1 Å². The fourth-order valence-corrected chi connectivity index (χ4v) is 3.50. The first kappa shape index (κ1) is 19.9. The molecule has 0 aromatic heterocycles. The van der Waals surface area contributed by atoms with Crippen LogP contribution in [0.5, 0.6) is 0 Å². The van der Waals surface area contributed by atoms with Crippen molar-refractivity contribution in [1.29, 1.82) is 5.26 Å². The largest absolute Gasteiger partial charge is 0.360 e. The van der Waals surface area contributed by atoms with E-state index < -0.39 is 0 Å². The van der Waals surface area contributed by atoms with Gasteiger partial charge in [-0.25, -0.2) is 0 Å². The molecule has 0 unspecified atom stereocenters. The van der Waals surface area contributed by atoms with Gasteiger partial charge in [0.15, 0.2) is 12.3 Å². The van der Waals surface area contributed by atoms with Crippen LogP contribution in [0.4, 0.5) is 11.4 Å². The lowest BCUT2D eigenvalue weighted by molar-refractivity contribution is -0.892. The van der Waals surface area contributed by atoms with E-state index in [1.54, 1.807) is 25.1 Å². The van der Waals surface area contributed by atoms with Crippen molar-refractivity contribution >= 4 is 34.7 Å². The van der Waals surface area contributed by atoms with Crippen molar-refractivity contribution in [3.63, 3.8) is 0 Å². The Hall–Kier alpha value is -2.88. The molecule has 0 bridgehead atoms. The molecule has 2 aromatic rings. The lowest BCUT2D eigenvalue weighted by Crippen LogP contribution is -3.15. The van der Waals surface area contributed by atoms with Crippen molar-refractivity contribution in [2.45, 2.75) is 6.92 Å². The number of ketones is 1. The normalized spacial score (nSPS) is 14.4. The first-order valence-corrected chi connectivity index (χ1v) is 9.53. The summed E-state index contributed by atoms with van der Waals surface area (Å²) >= 11 is 6.00. The third-order valence-corrected chi connectivity index (χ3v) is 5.21. The van der Waals surface area contributed by atoms with Crippen molar-refractivity contribution in [2.75, 3.05) is 42.9 Å². The predicted octanol–water partition coefficient (Wildman–Crippen LogP) is 1.76. The maximum Gasteiger partial charge on any atom is 0.279 e. The molecule has 2 aromatic carbocycles. The number of anilines is 2. The van der Waals surface area contributed by atoms with E-state index in [2.05, 4.69) is 10.2 Å². The molecule has 1 saturated heterocycles. The molecule has 7 heteroatoms. The van der Waals surface area contributed by atoms with E-state index in [0.717, 1.165) is 31.9 Å². The smallest absolute Gasteiger partial charge is 0.279 e. The molecule has 3 rings (SSSR count). The molecule has 0 spiro atoms. The molecule has 2 N–H and O–H groups in total. The minimum Gasteiger partial charge on any atom is -0.360 e. The predicted molar refractivity (Wildman–Crippen MR) is 109 cm³/mol. The molecule has 1 aliphatic heterocycles. The third-order valence-electron chi connectivity index (χ3n) is 4.89. The number of carbonyl (C=O) groups is 2. The summed E-state index contributed by atoms with van der Waals surface area (Å²) in [7, 11) is 0. The van der Waals surface area contributed by atoms with Crippen LogP contribution in [-0.4, -0.2) is 44.4 Å². The first-order chi connectivity index (χ1) is 13.5. The van der Waals surface area contributed by atoms with Crippen molar-refractivity contribution in [3.8, 4) is 6.07 Å². The van der Waals surface area contributed by atoms with Crippen LogP contribution in [0, 0.1) is 11.3 Å². The van der Waals surface area contributed by atoms with E-state index in [4.69, 9.17) is 16.9 Å². The maximum atomic E-state index is 12.3. The van der Waals surface area contributed by atoms with E-state index in [0.29, 0.717) is 28.4 Å². The van der Waals surface area contributed by atoms with Crippen molar-refractivity contribution < 1.29 is 14.5 Å². The molecule has 0 saturated carbocycles. The monoisotopic (exact) mass is 397 g/mol. The number of Topliss-reactive ketones (excluding diaryl/α,β-unsaturated/α-hetero) is 1. The number of nitrogens with zero attached hydrogens (tertiary/aromatic N) is 2. The fraction of sp³-hybridized carbons (Fsp3) is 0.286. The van der Waals surface area contributed by atoms with Gasteiger partial charge in [-0.05, 0) is 49.4 Å². The highest BCUT2D eigenvalue weighted by Crippen LogP contribution is 2.20. The Morgan fingerprint density at radius 1 is 1.18 bits per heavy atom. The summed E-state index contributed by atoms with van der Waals surface area (Å²) in [5.41, 5.74) is 2.80. The Morgan fingerprint density at radius 3 is 2.43 bits per heavy atom. The quantitative estimate of drug-likeness (QED) is 0.754. The van der Waals surface area contributed by atoms with Gasteiger partial charge in [0, 0.05) is 16.9 Å². The van der Waals surface area contributed by atoms with Crippen LogP contribution in [0.15, 0.2) is 42.5 Å². The number of hydrogen-bond acceptors (Lipinski definition) is 4. The van der Waals surface area contributed by atoms with E-state index >= 15 is 0 Å². The molecule has 1 aliphatic rings. The molecular formula is C21H22ClN4O2+. The zero-order chi connectivity index (χ0) is 20.1. The SMILES string of the molecule is CC(=O)c1ccc(N2CC[NH+](CC(=O)Nc3ccc(C#N)c(Cl)c3)CC2)cc1. The summed E-state index contributed by atoms with van der Waals surface area (Å²) < 4.78 is 0. The second-order valence-corrected chi connectivity index (χ2v) is 7.28. The van der Waals surface area contributed by atoms with E-state index in [1.807, 2.05) is 30.3 Å². The van der Waals surface area contributed by atoms with Gasteiger partial charge in [-0.15, -0.1) is 0 Å². The summed E-state index contributed by atoms with van der Waals surface area (Å²) in [4.78, 5) is 27.2. The van der Waals surface area contributed by atoms with Crippen LogP contribution in [0.3, 0.4) is 0 Å². The molecule has 6 nitrogen and oxygen atoms in total. The molecule has 1 heterocycles. The molecule has 1 amide bonds. The Balaban J connectivity index is 1.50. The molecular weight excluding hydrogens is 376 g/mol. The number of nitriles is 1. The Morgan fingerprint density at radius 2 is 1.86 bits per heavy atom. The molecule has 0 radical (unpaired) electrons. The first-order valence-electron chi connectivity index (χ1n) is 9.15. The average molecular weight is 398 g/mol. The summed E-state index contributed by atoms with van der Waals surface area (Å²) in [5.74, 6) is -0.00888. The number of benzene rings is 2. The van der Waals surface area contributed by atoms with Crippen molar-refractivity contribution in [2.24, 2.45) is 0 Å². The Bertz CT molecular complexity index is 913. The second-order valence-electron chi connectivity index (χ2n) is 6.87. The zero-order valence-electron chi connectivity index (χ0n) is 15.7. The number of piperazine rings is 1. The van der Waals surface area contributed by atoms with Crippen molar-refractivity contribution in [3.05, 3.63) is 58.6 Å². The van der Waals surface area contributed by atoms with Gasteiger partial charge in [-0.3, -0.25) is 9.59 Å². The topological polar surface area (TPSA) is 77.6 Å². The summed E-state index contributed by atoms with van der Waals surface area (Å²) in [6, 6.07) is 14.5. The lowest BCUT2D eigenvalue weighted by atomic mass is 10.1. The Kier molecular flexibility index (Phi) is 6.30. The van der Waals surface area contributed by atoms with Gasteiger partial charge in [-0.1, -0.05) is 11.6 Å². The number of carbonyl (C=O) groups excluding carboxylic acids is 2. The molecule has 0 atom stereocenters. The number of rotatable bonds is 5. The highest BCUT2D eigenvalue weighted by molar-refractivity contribution is 6.32. The highest BCUT2D eigenvalue weighted by Gasteiger charge is 2.22. The van der Waals surface area contributed by atoms with Crippen LogP contribution in [0.25, 0.3) is 0 Å². The third kappa shape index (κ3) is 4.89. The van der Waals surface area contributed by atoms with Crippen LogP contribution in [-0.2, 0) is 4.79 Å². The van der Waals surface area contributed by atoms with Gasteiger partial charge in [0.05, 0.1) is 36.8 Å². The molecule has 144 valence electrons. The summed E-state index contributed by atoms with van der Waals surface area (Å²) in [5, 5.41) is 12.1. The highest BCUT2D eigenvalue weighted by atomic mass is 35.5. The summed E-state index contributed by atoms with van der Waals surface area (Å²) in [6.07, 6.45) is 0. The zero-order valence-corrected chi connectivity index (χ0v) is 16.4. The molecule has 0 aliphatic carbocycles. The minimum absolute atomic E-state index is 0.0652. The number of halogens is 1.